The third-order valence-electron chi connectivity index (χ3n) is 2.87. The van der Waals surface area contributed by atoms with E-state index in [9.17, 15) is 13.2 Å². The molecule has 0 saturated carbocycles. The Balaban J connectivity index is 3.02. The average Bonchev–Trinajstić information content (AvgIpc) is 2.88. The van der Waals surface area contributed by atoms with Crippen molar-refractivity contribution in [2.75, 3.05) is 12.9 Å². The zero-order valence-corrected chi connectivity index (χ0v) is 14.7. The highest BCUT2D eigenvalue weighted by atomic mass is 32.2. The largest absolute Gasteiger partial charge is 0.430 e. The fourth-order valence-corrected chi connectivity index (χ4v) is 2.52. The van der Waals surface area contributed by atoms with Crippen LogP contribution in [0.25, 0.3) is 0 Å². The Hall–Kier alpha value is -1.44. The van der Waals surface area contributed by atoms with Crippen LogP contribution in [0.2, 0.25) is 0 Å². The number of nitrogens with zero attached hydrogens (tertiary/aromatic N) is 2. The predicted molar refractivity (Wildman–Crippen MR) is 84.7 cm³/mol. The number of thioether (sulfide) groups is 1. The highest BCUT2D eigenvalue weighted by Crippen LogP contribution is 2.31. The van der Waals surface area contributed by atoms with Crippen LogP contribution in [0.3, 0.4) is 0 Å². The van der Waals surface area contributed by atoms with E-state index in [-0.39, 0.29) is 17.6 Å². The minimum Gasteiger partial charge on any atom is -0.430 e. The molecule has 130 valence electrons. The standard InChI is InChI=1S/C15H21F3N2O2S/c1-6-10(20-21-5)11-12(15(2,3)4)19-14(22-11)23-8-7-9(16)13(17)18/h6-8H2,1-5H3/b20-10+. The van der Waals surface area contributed by atoms with Crippen molar-refractivity contribution >= 4 is 17.5 Å². The molecular weight excluding hydrogens is 329 g/mol. The lowest BCUT2D eigenvalue weighted by Gasteiger charge is -2.16. The van der Waals surface area contributed by atoms with Gasteiger partial charge >= 0.3 is 6.08 Å². The Bertz CT molecular complexity index is 588. The Morgan fingerprint density at radius 3 is 2.43 bits per heavy atom. The van der Waals surface area contributed by atoms with E-state index in [1.54, 1.807) is 0 Å². The second-order valence-corrected chi connectivity index (χ2v) is 6.79. The van der Waals surface area contributed by atoms with Crippen molar-refractivity contribution in [2.24, 2.45) is 5.16 Å². The first-order valence-electron chi connectivity index (χ1n) is 7.14. The molecule has 0 aromatic carbocycles. The molecule has 0 amide bonds. The summed E-state index contributed by atoms with van der Waals surface area (Å²) in [5, 5.41) is 4.24. The lowest BCUT2D eigenvalue weighted by Crippen LogP contribution is -2.16. The Morgan fingerprint density at radius 2 is 1.96 bits per heavy atom. The lowest BCUT2D eigenvalue weighted by atomic mass is 9.90. The monoisotopic (exact) mass is 350 g/mol. The first kappa shape index (κ1) is 19.6. The summed E-state index contributed by atoms with van der Waals surface area (Å²) < 4.78 is 42.6. The van der Waals surface area contributed by atoms with Crippen LogP contribution in [0.1, 0.15) is 52.0 Å². The minimum absolute atomic E-state index is 0.107. The Labute approximate surface area is 138 Å². The van der Waals surface area contributed by atoms with Crippen LogP contribution in [-0.2, 0) is 10.3 Å². The van der Waals surface area contributed by atoms with Crippen molar-refractivity contribution in [3.05, 3.63) is 23.4 Å². The molecule has 0 radical (unpaired) electrons. The van der Waals surface area contributed by atoms with Crippen LogP contribution in [0, 0.1) is 0 Å². The van der Waals surface area contributed by atoms with Gasteiger partial charge < -0.3 is 9.25 Å². The molecule has 1 rings (SSSR count). The SMILES string of the molecule is CC/C(=N\OC)c1oc(SCCC(F)=C(F)F)nc1C(C)(C)C. The summed E-state index contributed by atoms with van der Waals surface area (Å²) in [4.78, 5) is 9.23. The zero-order chi connectivity index (χ0) is 17.6. The summed E-state index contributed by atoms with van der Waals surface area (Å²) in [6.07, 6.45) is -2.07. The van der Waals surface area contributed by atoms with Gasteiger partial charge in [0.15, 0.2) is 11.6 Å². The fraction of sp³-hybridized carbons (Fsp3) is 0.600. The second-order valence-electron chi connectivity index (χ2n) is 5.75. The molecule has 0 N–H and O–H groups in total. The molecule has 1 heterocycles. The molecule has 8 heteroatoms. The third-order valence-corrected chi connectivity index (χ3v) is 3.70. The molecule has 0 aliphatic rings. The third kappa shape index (κ3) is 5.60. The first-order valence-corrected chi connectivity index (χ1v) is 8.13. The summed E-state index contributed by atoms with van der Waals surface area (Å²) >= 11 is 1.08. The van der Waals surface area contributed by atoms with Crippen molar-refractivity contribution in [2.45, 2.75) is 51.2 Å². The van der Waals surface area contributed by atoms with Crippen molar-refractivity contribution in [3.63, 3.8) is 0 Å². The number of aromatic nitrogens is 1. The summed E-state index contributed by atoms with van der Waals surface area (Å²) in [6, 6.07) is 0. The highest BCUT2D eigenvalue weighted by Gasteiger charge is 2.27. The van der Waals surface area contributed by atoms with E-state index in [2.05, 4.69) is 10.1 Å². The Morgan fingerprint density at radius 1 is 1.30 bits per heavy atom. The number of rotatable bonds is 7. The van der Waals surface area contributed by atoms with Gasteiger partial charge in [-0.2, -0.15) is 8.78 Å². The van der Waals surface area contributed by atoms with Gasteiger partial charge in [0.25, 0.3) is 5.22 Å². The van der Waals surface area contributed by atoms with Gasteiger partial charge in [-0.25, -0.2) is 9.37 Å². The van der Waals surface area contributed by atoms with E-state index < -0.39 is 11.9 Å². The van der Waals surface area contributed by atoms with E-state index in [0.717, 1.165) is 11.8 Å². The summed E-state index contributed by atoms with van der Waals surface area (Å²) in [5.74, 6) is -0.789. The minimum atomic E-state index is -2.28. The topological polar surface area (TPSA) is 47.6 Å². The van der Waals surface area contributed by atoms with Gasteiger partial charge in [-0.1, -0.05) is 44.6 Å². The number of hydrogen-bond donors (Lipinski definition) is 0. The zero-order valence-electron chi connectivity index (χ0n) is 13.9. The van der Waals surface area contributed by atoms with E-state index >= 15 is 0 Å². The van der Waals surface area contributed by atoms with E-state index in [0.29, 0.717) is 28.8 Å². The molecule has 0 aliphatic heterocycles. The molecule has 23 heavy (non-hydrogen) atoms. The first-order chi connectivity index (χ1) is 10.7. The van der Waals surface area contributed by atoms with E-state index in [1.807, 2.05) is 27.7 Å². The smallest absolute Gasteiger partial charge is 0.301 e. The molecule has 0 spiro atoms. The van der Waals surface area contributed by atoms with E-state index in [4.69, 9.17) is 9.25 Å². The maximum absolute atomic E-state index is 12.8. The molecule has 0 atom stereocenters. The number of allylic oxidation sites excluding steroid dienone is 1. The maximum atomic E-state index is 12.8. The summed E-state index contributed by atoms with van der Waals surface area (Å²) in [5.41, 5.74) is 1.01. The van der Waals surface area contributed by atoms with Gasteiger partial charge in [0, 0.05) is 17.6 Å². The quantitative estimate of drug-likeness (QED) is 0.381. The molecular formula is C15H21F3N2O2S. The van der Waals surface area contributed by atoms with Crippen molar-refractivity contribution in [1.82, 2.24) is 4.98 Å². The Kier molecular flexibility index (Phi) is 7.18. The molecule has 0 bridgehead atoms. The van der Waals surface area contributed by atoms with Crippen LogP contribution < -0.4 is 0 Å². The number of hydrogen-bond acceptors (Lipinski definition) is 5. The molecule has 1 aromatic heterocycles. The summed E-state index contributed by atoms with van der Waals surface area (Å²) in [6.45, 7) is 7.83. The molecule has 0 fully saturated rings. The molecule has 0 saturated heterocycles. The van der Waals surface area contributed by atoms with Crippen LogP contribution in [0.5, 0.6) is 0 Å². The van der Waals surface area contributed by atoms with Crippen LogP contribution in [-0.4, -0.2) is 23.6 Å². The fourth-order valence-electron chi connectivity index (χ4n) is 1.77. The van der Waals surface area contributed by atoms with Crippen LogP contribution >= 0.6 is 11.8 Å². The van der Waals surface area contributed by atoms with Gasteiger partial charge in [-0.3, -0.25) is 0 Å². The van der Waals surface area contributed by atoms with Gasteiger partial charge in [0.05, 0.1) is 5.69 Å². The van der Waals surface area contributed by atoms with Gasteiger partial charge in [0.1, 0.15) is 12.8 Å². The average molecular weight is 350 g/mol. The highest BCUT2D eigenvalue weighted by molar-refractivity contribution is 7.99. The van der Waals surface area contributed by atoms with Crippen molar-refractivity contribution < 1.29 is 22.4 Å². The molecule has 0 unspecified atom stereocenters. The second kappa shape index (κ2) is 8.42. The predicted octanol–water partition coefficient (Wildman–Crippen LogP) is 5.29. The van der Waals surface area contributed by atoms with Crippen LogP contribution in [0.15, 0.2) is 26.7 Å². The molecule has 0 aliphatic carbocycles. The normalized spacial score (nSPS) is 12.4. The maximum Gasteiger partial charge on any atom is 0.301 e. The lowest BCUT2D eigenvalue weighted by molar-refractivity contribution is 0.212. The molecule has 1 aromatic rings. The van der Waals surface area contributed by atoms with Gasteiger partial charge in [-0.05, 0) is 6.42 Å². The van der Waals surface area contributed by atoms with Crippen molar-refractivity contribution in [1.29, 1.82) is 0 Å². The van der Waals surface area contributed by atoms with Gasteiger partial charge in [-0.15, -0.1) is 0 Å². The number of oxazole rings is 1. The van der Waals surface area contributed by atoms with Crippen LogP contribution in [0.4, 0.5) is 13.2 Å². The van der Waals surface area contributed by atoms with Gasteiger partial charge in [0.2, 0.25) is 0 Å². The van der Waals surface area contributed by atoms with Crippen molar-refractivity contribution in [3.8, 4) is 0 Å². The number of oxime groups is 1. The molecule has 4 nitrogen and oxygen atoms in total. The number of halogens is 3. The summed E-state index contributed by atoms with van der Waals surface area (Å²) in [7, 11) is 1.44. The van der Waals surface area contributed by atoms with E-state index in [1.165, 1.54) is 7.11 Å².